The normalized spacial score (nSPS) is 18.0. The summed E-state index contributed by atoms with van der Waals surface area (Å²) in [6, 6.07) is 13.6. The van der Waals surface area contributed by atoms with Crippen molar-refractivity contribution < 1.29 is 24.2 Å². The van der Waals surface area contributed by atoms with Gasteiger partial charge in [0.15, 0.2) is 0 Å². The van der Waals surface area contributed by atoms with E-state index in [-0.39, 0.29) is 11.8 Å². The fourth-order valence-corrected chi connectivity index (χ4v) is 3.27. The summed E-state index contributed by atoms with van der Waals surface area (Å²) < 4.78 is 5.34. The van der Waals surface area contributed by atoms with Gasteiger partial charge in [-0.15, -0.1) is 0 Å². The molecule has 1 aliphatic carbocycles. The zero-order valence-electron chi connectivity index (χ0n) is 15.9. The SMILES string of the molecule is COc1cc(NC(=O)[C@@H]2CC=CC[C@H]2C(=O)O)ccc1NC(=O)c1ccccc1. The van der Waals surface area contributed by atoms with Gasteiger partial charge >= 0.3 is 5.97 Å². The number of methoxy groups -OCH3 is 1. The third kappa shape index (κ3) is 4.82. The molecule has 0 aromatic heterocycles. The standard InChI is InChI=1S/C22H22N2O5/c1-29-19-13-15(23-21(26)16-9-5-6-10-17(16)22(27)28)11-12-18(19)24-20(25)14-7-3-2-4-8-14/h2-8,11-13,16-17H,9-10H2,1H3,(H,23,26)(H,24,25)(H,27,28)/t16-,17-/m1/s1. The Labute approximate surface area is 168 Å². The van der Waals surface area contributed by atoms with Gasteiger partial charge in [0.2, 0.25) is 5.91 Å². The Morgan fingerprint density at radius 2 is 1.66 bits per heavy atom. The number of hydrogen-bond donors (Lipinski definition) is 3. The molecule has 3 N–H and O–H groups in total. The second-order valence-corrected chi connectivity index (χ2v) is 6.72. The van der Waals surface area contributed by atoms with Gasteiger partial charge < -0.3 is 20.5 Å². The summed E-state index contributed by atoms with van der Waals surface area (Å²) in [5.74, 6) is -2.62. The maximum absolute atomic E-state index is 12.6. The molecule has 29 heavy (non-hydrogen) atoms. The maximum Gasteiger partial charge on any atom is 0.307 e. The van der Waals surface area contributed by atoms with Crippen LogP contribution in [0.15, 0.2) is 60.7 Å². The van der Waals surface area contributed by atoms with Gasteiger partial charge in [-0.3, -0.25) is 14.4 Å². The number of carbonyl (C=O) groups excluding carboxylic acids is 2. The Morgan fingerprint density at radius 1 is 0.966 bits per heavy atom. The lowest BCUT2D eigenvalue weighted by Gasteiger charge is -2.24. The number of aliphatic carboxylic acids is 1. The van der Waals surface area contributed by atoms with E-state index in [4.69, 9.17) is 4.74 Å². The molecule has 0 fully saturated rings. The first-order valence-electron chi connectivity index (χ1n) is 9.22. The molecule has 1 aliphatic rings. The van der Waals surface area contributed by atoms with Crippen LogP contribution in [-0.2, 0) is 9.59 Å². The van der Waals surface area contributed by atoms with Crippen LogP contribution in [0, 0.1) is 11.8 Å². The van der Waals surface area contributed by atoms with Crippen molar-refractivity contribution in [1.29, 1.82) is 0 Å². The van der Waals surface area contributed by atoms with Gasteiger partial charge in [0.05, 0.1) is 24.6 Å². The number of carboxylic acids is 1. The molecule has 0 radical (unpaired) electrons. The molecule has 2 amide bonds. The maximum atomic E-state index is 12.6. The van der Waals surface area contributed by atoms with E-state index in [2.05, 4.69) is 10.6 Å². The summed E-state index contributed by atoms with van der Waals surface area (Å²) in [7, 11) is 1.46. The molecular formula is C22H22N2O5. The Hall–Kier alpha value is -3.61. The Balaban J connectivity index is 1.73. The lowest BCUT2D eigenvalue weighted by molar-refractivity contribution is -0.146. The fourth-order valence-electron chi connectivity index (χ4n) is 3.27. The monoisotopic (exact) mass is 394 g/mol. The van der Waals surface area contributed by atoms with E-state index in [1.807, 2.05) is 12.1 Å². The molecule has 0 spiro atoms. The number of carboxylic acid groups (broad SMARTS) is 1. The lowest BCUT2D eigenvalue weighted by Crippen LogP contribution is -2.34. The third-order valence-electron chi connectivity index (χ3n) is 4.84. The van der Waals surface area contributed by atoms with Crippen molar-refractivity contribution in [1.82, 2.24) is 0 Å². The minimum atomic E-state index is -0.981. The average Bonchev–Trinajstić information content (AvgIpc) is 2.75. The number of benzene rings is 2. The van der Waals surface area contributed by atoms with Crippen LogP contribution >= 0.6 is 0 Å². The van der Waals surface area contributed by atoms with E-state index in [0.717, 1.165) is 0 Å². The van der Waals surface area contributed by atoms with Crippen molar-refractivity contribution in [2.75, 3.05) is 17.7 Å². The van der Waals surface area contributed by atoms with Crippen molar-refractivity contribution in [3.8, 4) is 5.75 Å². The molecule has 0 unspecified atom stereocenters. The van der Waals surface area contributed by atoms with Gasteiger partial charge in [0.1, 0.15) is 5.75 Å². The fraction of sp³-hybridized carbons (Fsp3) is 0.227. The van der Waals surface area contributed by atoms with Crippen LogP contribution in [0.5, 0.6) is 5.75 Å². The van der Waals surface area contributed by atoms with Crippen molar-refractivity contribution in [2.45, 2.75) is 12.8 Å². The van der Waals surface area contributed by atoms with E-state index in [0.29, 0.717) is 35.5 Å². The number of anilines is 2. The zero-order chi connectivity index (χ0) is 20.8. The quantitative estimate of drug-likeness (QED) is 0.650. The Morgan fingerprint density at radius 3 is 2.31 bits per heavy atom. The van der Waals surface area contributed by atoms with Crippen LogP contribution in [0.1, 0.15) is 23.2 Å². The number of allylic oxidation sites excluding steroid dienone is 2. The molecule has 0 aliphatic heterocycles. The number of rotatable bonds is 6. The number of hydrogen-bond acceptors (Lipinski definition) is 4. The summed E-state index contributed by atoms with van der Waals surface area (Å²) in [5.41, 5.74) is 1.43. The molecule has 2 aromatic carbocycles. The van der Waals surface area contributed by atoms with Crippen LogP contribution in [-0.4, -0.2) is 30.0 Å². The van der Waals surface area contributed by atoms with Gasteiger partial charge in [-0.05, 0) is 37.1 Å². The number of nitrogens with one attached hydrogen (secondary N) is 2. The Bertz CT molecular complexity index is 939. The summed E-state index contributed by atoms with van der Waals surface area (Å²) in [6.45, 7) is 0. The first kappa shape index (κ1) is 20.1. The lowest BCUT2D eigenvalue weighted by atomic mass is 9.82. The highest BCUT2D eigenvalue weighted by Gasteiger charge is 2.34. The second-order valence-electron chi connectivity index (χ2n) is 6.72. The average molecular weight is 394 g/mol. The highest BCUT2D eigenvalue weighted by atomic mass is 16.5. The predicted octanol–water partition coefficient (Wildman–Crippen LogP) is 3.55. The summed E-state index contributed by atoms with van der Waals surface area (Å²) in [5, 5.41) is 14.9. The van der Waals surface area contributed by atoms with Crippen molar-refractivity contribution in [2.24, 2.45) is 11.8 Å². The van der Waals surface area contributed by atoms with E-state index >= 15 is 0 Å². The number of amides is 2. The van der Waals surface area contributed by atoms with Crippen LogP contribution in [0.3, 0.4) is 0 Å². The molecule has 3 rings (SSSR count). The first-order valence-corrected chi connectivity index (χ1v) is 9.22. The van der Waals surface area contributed by atoms with Crippen molar-refractivity contribution >= 4 is 29.2 Å². The second kappa shape index (κ2) is 9.05. The highest BCUT2D eigenvalue weighted by molar-refractivity contribution is 6.05. The van der Waals surface area contributed by atoms with Crippen LogP contribution in [0.25, 0.3) is 0 Å². The molecule has 2 aromatic rings. The van der Waals surface area contributed by atoms with Crippen molar-refractivity contribution in [3.05, 3.63) is 66.2 Å². The van der Waals surface area contributed by atoms with Crippen LogP contribution < -0.4 is 15.4 Å². The smallest absolute Gasteiger partial charge is 0.307 e. The molecule has 7 nitrogen and oxygen atoms in total. The Kier molecular flexibility index (Phi) is 6.29. The molecule has 0 saturated heterocycles. The summed E-state index contributed by atoms with van der Waals surface area (Å²) in [4.78, 5) is 36.4. The van der Waals surface area contributed by atoms with E-state index in [1.54, 1.807) is 48.5 Å². The first-order chi connectivity index (χ1) is 14.0. The zero-order valence-corrected chi connectivity index (χ0v) is 15.9. The van der Waals surface area contributed by atoms with Gasteiger partial charge in [0, 0.05) is 17.3 Å². The molecule has 0 heterocycles. The van der Waals surface area contributed by atoms with E-state index in [1.165, 1.54) is 7.11 Å². The molecule has 150 valence electrons. The number of carbonyl (C=O) groups is 3. The molecule has 0 bridgehead atoms. The van der Waals surface area contributed by atoms with Gasteiger partial charge in [-0.25, -0.2) is 0 Å². The third-order valence-corrected chi connectivity index (χ3v) is 4.84. The summed E-state index contributed by atoms with van der Waals surface area (Å²) >= 11 is 0. The van der Waals surface area contributed by atoms with Crippen LogP contribution in [0.4, 0.5) is 11.4 Å². The van der Waals surface area contributed by atoms with Crippen LogP contribution in [0.2, 0.25) is 0 Å². The molecule has 7 heteroatoms. The minimum absolute atomic E-state index is 0.279. The minimum Gasteiger partial charge on any atom is -0.494 e. The van der Waals surface area contributed by atoms with Gasteiger partial charge in [-0.2, -0.15) is 0 Å². The van der Waals surface area contributed by atoms with Gasteiger partial charge in [0.25, 0.3) is 5.91 Å². The molecule has 2 atom stereocenters. The predicted molar refractivity (Wildman–Crippen MR) is 109 cm³/mol. The van der Waals surface area contributed by atoms with E-state index < -0.39 is 17.8 Å². The van der Waals surface area contributed by atoms with Crippen molar-refractivity contribution in [3.63, 3.8) is 0 Å². The molecular weight excluding hydrogens is 372 g/mol. The largest absolute Gasteiger partial charge is 0.494 e. The highest BCUT2D eigenvalue weighted by Crippen LogP contribution is 2.31. The van der Waals surface area contributed by atoms with E-state index in [9.17, 15) is 19.5 Å². The van der Waals surface area contributed by atoms with Gasteiger partial charge in [-0.1, -0.05) is 30.4 Å². The summed E-state index contributed by atoms with van der Waals surface area (Å²) in [6.07, 6.45) is 4.33. The number of ether oxygens (including phenoxy) is 1. The molecule has 0 saturated carbocycles. The topological polar surface area (TPSA) is 105 Å².